The number of nitrogens with one attached hydrogen (secondary N) is 3. The molecule has 3 aromatic heterocycles. The second kappa shape index (κ2) is 13.2. The predicted molar refractivity (Wildman–Crippen MR) is 162 cm³/mol. The minimum Gasteiger partial charge on any atom is -0.494 e. The van der Waals surface area contributed by atoms with Crippen LogP contribution in [0.15, 0.2) is 42.6 Å². The Morgan fingerprint density at radius 2 is 1.77 bits per heavy atom. The largest absolute Gasteiger partial charge is 0.494 e. The average Bonchev–Trinajstić information content (AvgIpc) is 3.46. The number of rotatable bonds is 11. The number of hydrogen-bond donors (Lipinski definition) is 3. The highest BCUT2D eigenvalue weighted by Crippen LogP contribution is 2.37. The fraction of sp³-hybridized carbons (Fsp3) is 0.346. The number of methoxy groups -OCH3 is 1. The van der Waals surface area contributed by atoms with Gasteiger partial charge < -0.3 is 25.4 Å². The SMILES string of the molecule is [B]C([B])([B])NC(=O)c1nnc(Nc2ccc(C)nn2)cc1Nc1cccc(-c2cn(CCN3CCOCC3)nn2)c1OC. The van der Waals surface area contributed by atoms with Crippen molar-refractivity contribution in [1.29, 1.82) is 0 Å². The average molecular weight is 575 g/mol. The lowest BCUT2D eigenvalue weighted by Gasteiger charge is -2.26. The number of para-hydroxylation sites is 1. The summed E-state index contributed by atoms with van der Waals surface area (Å²) in [7, 11) is 18.3. The zero-order chi connectivity index (χ0) is 30.4. The van der Waals surface area contributed by atoms with Gasteiger partial charge in [-0.2, -0.15) is 5.10 Å². The number of carbonyl (C=O) groups is 1. The molecule has 0 atom stereocenters. The Morgan fingerprint density at radius 1 is 0.977 bits per heavy atom. The molecule has 4 heterocycles. The van der Waals surface area contributed by atoms with E-state index in [0.717, 1.165) is 38.5 Å². The summed E-state index contributed by atoms with van der Waals surface area (Å²) in [6, 6.07) is 10.6. The number of carbonyl (C=O) groups excluding carboxylic acids is 1. The zero-order valence-electron chi connectivity index (χ0n) is 23.8. The zero-order valence-corrected chi connectivity index (χ0v) is 23.8. The van der Waals surface area contributed by atoms with Gasteiger partial charge in [-0.15, -0.1) is 20.4 Å². The van der Waals surface area contributed by atoms with Gasteiger partial charge in [-0.3, -0.25) is 14.4 Å². The van der Waals surface area contributed by atoms with Crippen LogP contribution in [0.5, 0.6) is 5.75 Å². The standard InChI is InChI=1S/C26H28B3N11O3/c1-16-6-7-21(35-33-16)31-22-14-19(23(37-36-22)25(41)32-26(27,28)29)30-18-5-3-4-17(24(18)42-2)20-15-40(38-34-20)9-8-39-10-12-43-13-11-39/h3-7,14-15H,8-13H2,1-2H3,(H,32,41)(H2,30,31,35,36). The number of nitrogens with zero attached hydrogens (tertiary/aromatic N) is 8. The van der Waals surface area contributed by atoms with Crippen molar-refractivity contribution < 1.29 is 14.3 Å². The van der Waals surface area contributed by atoms with Crippen LogP contribution >= 0.6 is 0 Å². The highest BCUT2D eigenvalue weighted by molar-refractivity contribution is 6.60. The van der Waals surface area contributed by atoms with Crippen molar-refractivity contribution in [3.05, 3.63) is 54.0 Å². The van der Waals surface area contributed by atoms with E-state index in [1.54, 1.807) is 36.1 Å². The lowest BCUT2D eigenvalue weighted by atomic mass is 9.49. The normalized spacial score (nSPS) is 13.8. The third kappa shape index (κ3) is 7.87. The highest BCUT2D eigenvalue weighted by Gasteiger charge is 2.22. The van der Waals surface area contributed by atoms with Gasteiger partial charge in [0.1, 0.15) is 5.69 Å². The first-order valence-electron chi connectivity index (χ1n) is 13.5. The van der Waals surface area contributed by atoms with Crippen LogP contribution in [0.25, 0.3) is 11.3 Å². The lowest BCUT2D eigenvalue weighted by Crippen LogP contribution is -2.50. The first-order valence-corrected chi connectivity index (χ1v) is 13.5. The lowest BCUT2D eigenvalue weighted by molar-refractivity contribution is 0.0359. The summed E-state index contributed by atoms with van der Waals surface area (Å²) < 4.78 is 13.0. The van der Waals surface area contributed by atoms with Crippen molar-refractivity contribution >= 4 is 52.5 Å². The maximum Gasteiger partial charge on any atom is 0.272 e. The fourth-order valence-electron chi connectivity index (χ4n) is 4.37. The molecule has 1 saturated heterocycles. The van der Waals surface area contributed by atoms with Gasteiger partial charge in [-0.1, -0.05) is 16.5 Å². The second-order valence-corrected chi connectivity index (χ2v) is 9.90. The Labute approximate surface area is 252 Å². The molecule has 1 aromatic carbocycles. The third-order valence-electron chi connectivity index (χ3n) is 6.45. The van der Waals surface area contributed by atoms with Crippen LogP contribution in [0.2, 0.25) is 0 Å². The molecular weight excluding hydrogens is 547 g/mol. The van der Waals surface area contributed by atoms with Crippen LogP contribution in [0.3, 0.4) is 0 Å². The van der Waals surface area contributed by atoms with E-state index in [0.29, 0.717) is 35.1 Å². The quantitative estimate of drug-likeness (QED) is 0.213. The molecule has 0 bridgehead atoms. The highest BCUT2D eigenvalue weighted by atomic mass is 16.5. The molecule has 14 nitrogen and oxygen atoms in total. The van der Waals surface area contributed by atoms with Gasteiger partial charge in [0.05, 0.1) is 73.7 Å². The van der Waals surface area contributed by atoms with Gasteiger partial charge in [0.2, 0.25) is 0 Å². The topological polar surface area (TPSA) is 157 Å². The third-order valence-corrected chi connectivity index (χ3v) is 6.45. The van der Waals surface area contributed by atoms with Crippen molar-refractivity contribution in [1.82, 2.24) is 45.6 Å². The van der Waals surface area contributed by atoms with E-state index in [9.17, 15) is 4.79 Å². The molecule has 0 unspecified atom stereocenters. The first-order chi connectivity index (χ1) is 20.7. The number of anilines is 4. The summed E-state index contributed by atoms with van der Waals surface area (Å²) in [4.78, 5) is 15.3. The number of morpholine rings is 1. The van der Waals surface area contributed by atoms with Crippen LogP contribution in [0.4, 0.5) is 23.0 Å². The molecule has 17 heteroatoms. The van der Waals surface area contributed by atoms with Crippen molar-refractivity contribution in [3.63, 3.8) is 0 Å². The predicted octanol–water partition coefficient (Wildman–Crippen LogP) is 0.508. The van der Waals surface area contributed by atoms with Gasteiger partial charge in [0, 0.05) is 31.3 Å². The van der Waals surface area contributed by atoms with E-state index in [4.69, 9.17) is 33.0 Å². The molecule has 6 radical (unpaired) electrons. The molecule has 4 aromatic rings. The van der Waals surface area contributed by atoms with Crippen molar-refractivity contribution in [2.45, 2.75) is 18.7 Å². The minimum atomic E-state index is -1.98. The van der Waals surface area contributed by atoms with Gasteiger partial charge in [0.15, 0.2) is 23.1 Å². The summed E-state index contributed by atoms with van der Waals surface area (Å²) in [6.45, 7) is 6.60. The Bertz CT molecular complexity index is 1560. The van der Waals surface area contributed by atoms with Crippen LogP contribution in [0, 0.1) is 6.92 Å². The van der Waals surface area contributed by atoms with Crippen LogP contribution < -0.4 is 20.7 Å². The molecule has 43 heavy (non-hydrogen) atoms. The van der Waals surface area contributed by atoms with E-state index < -0.39 is 11.1 Å². The van der Waals surface area contributed by atoms with Gasteiger partial charge in [0.25, 0.3) is 5.91 Å². The monoisotopic (exact) mass is 575 g/mol. The Hall–Kier alpha value is -4.50. The second-order valence-electron chi connectivity index (χ2n) is 9.90. The maximum absolute atomic E-state index is 13.0. The summed E-state index contributed by atoms with van der Waals surface area (Å²) in [5.74, 6) is 0.442. The van der Waals surface area contributed by atoms with Crippen LogP contribution in [0.1, 0.15) is 16.2 Å². The molecule has 0 spiro atoms. The van der Waals surface area contributed by atoms with E-state index in [-0.39, 0.29) is 17.2 Å². The van der Waals surface area contributed by atoms with Crippen molar-refractivity contribution in [3.8, 4) is 17.0 Å². The molecule has 3 N–H and O–H groups in total. The molecule has 214 valence electrons. The first kappa shape index (κ1) is 30.0. The van der Waals surface area contributed by atoms with Crippen LogP contribution in [-0.2, 0) is 11.3 Å². The summed E-state index contributed by atoms with van der Waals surface area (Å²) in [6.07, 6.45) is 1.86. The number of aryl methyl sites for hydroxylation is 1. The molecule has 1 aliphatic rings. The van der Waals surface area contributed by atoms with Crippen molar-refractivity contribution in [2.24, 2.45) is 0 Å². The summed E-state index contributed by atoms with van der Waals surface area (Å²) in [5.41, 5.74) is 2.72. The Balaban J connectivity index is 1.42. The van der Waals surface area contributed by atoms with E-state index in [2.05, 4.69) is 51.6 Å². The number of aromatic nitrogens is 7. The fourth-order valence-corrected chi connectivity index (χ4v) is 4.37. The van der Waals surface area contributed by atoms with Gasteiger partial charge >= 0.3 is 0 Å². The summed E-state index contributed by atoms with van der Waals surface area (Å²) >= 11 is 0. The molecular formula is C26H28B3N11O3. The van der Waals surface area contributed by atoms with Crippen LogP contribution in [-0.4, -0.2) is 115 Å². The van der Waals surface area contributed by atoms with Crippen molar-refractivity contribution in [2.75, 3.05) is 50.6 Å². The molecule has 1 aliphatic heterocycles. The number of amides is 1. The maximum atomic E-state index is 13.0. The number of benzene rings is 1. The van der Waals surface area contributed by atoms with E-state index in [1.165, 1.54) is 0 Å². The Kier molecular flexibility index (Phi) is 9.21. The van der Waals surface area contributed by atoms with Gasteiger partial charge in [-0.05, 0) is 31.2 Å². The number of ether oxygens (including phenoxy) is 2. The molecule has 0 aliphatic carbocycles. The van der Waals surface area contributed by atoms with Gasteiger partial charge in [-0.25, -0.2) is 0 Å². The molecule has 5 rings (SSSR count). The molecule has 1 fully saturated rings. The number of hydrogen-bond acceptors (Lipinski definition) is 12. The molecule has 0 saturated carbocycles. The molecule has 1 amide bonds. The van der Waals surface area contributed by atoms with E-state index in [1.807, 2.05) is 25.3 Å². The van der Waals surface area contributed by atoms with E-state index >= 15 is 0 Å². The summed E-state index contributed by atoms with van der Waals surface area (Å²) in [5, 5.41) is 31.5. The Morgan fingerprint density at radius 3 is 2.49 bits per heavy atom. The minimum absolute atomic E-state index is 0.118. The smallest absolute Gasteiger partial charge is 0.272 e.